The summed E-state index contributed by atoms with van der Waals surface area (Å²) in [6, 6.07) is 11.5. The second-order valence-corrected chi connectivity index (χ2v) is 7.16. The van der Waals surface area contributed by atoms with Crippen LogP contribution in [-0.4, -0.2) is 18.0 Å². The summed E-state index contributed by atoms with van der Waals surface area (Å²) >= 11 is 0. The Balaban J connectivity index is 1.73. The summed E-state index contributed by atoms with van der Waals surface area (Å²) < 4.78 is 34.5. The van der Waals surface area contributed by atoms with Crippen LogP contribution in [0.15, 0.2) is 62.8 Å². The highest BCUT2D eigenvalue weighted by Crippen LogP contribution is 2.23. The lowest BCUT2D eigenvalue weighted by molar-refractivity contribution is 0.554. The Bertz CT molecular complexity index is 1230. The number of anilines is 1. The summed E-state index contributed by atoms with van der Waals surface area (Å²) in [6.07, 6.45) is 1.91. The van der Waals surface area contributed by atoms with E-state index in [2.05, 4.69) is 9.71 Å². The molecular formula is C16H13N3O4S. The van der Waals surface area contributed by atoms with Crippen LogP contribution in [0, 0.1) is 0 Å². The SMILES string of the molecule is Cn1ccc2cc(NS(=O)(=O)c3ccc4[nH]c(=O)oc4c3)ccc21. The van der Waals surface area contributed by atoms with E-state index in [0.717, 1.165) is 10.9 Å². The fraction of sp³-hybridized carbons (Fsp3) is 0.0625. The minimum absolute atomic E-state index is 0.0194. The molecule has 0 amide bonds. The Kier molecular flexibility index (Phi) is 3.04. The highest BCUT2D eigenvalue weighted by molar-refractivity contribution is 7.92. The summed E-state index contributed by atoms with van der Waals surface area (Å²) in [4.78, 5) is 13.7. The van der Waals surface area contributed by atoms with E-state index in [4.69, 9.17) is 4.42 Å². The molecule has 0 saturated carbocycles. The molecule has 4 aromatic rings. The van der Waals surface area contributed by atoms with Gasteiger partial charge in [-0.05, 0) is 36.4 Å². The van der Waals surface area contributed by atoms with Gasteiger partial charge < -0.3 is 8.98 Å². The number of rotatable bonds is 3. The van der Waals surface area contributed by atoms with E-state index in [1.165, 1.54) is 18.2 Å². The fourth-order valence-electron chi connectivity index (χ4n) is 2.65. The number of fused-ring (bicyclic) bond motifs is 2. The van der Waals surface area contributed by atoms with Crippen molar-refractivity contribution in [1.82, 2.24) is 9.55 Å². The molecule has 2 aromatic carbocycles. The molecule has 0 aliphatic heterocycles. The van der Waals surface area contributed by atoms with Gasteiger partial charge in [0.15, 0.2) is 5.58 Å². The van der Waals surface area contributed by atoms with Gasteiger partial charge in [-0.25, -0.2) is 13.2 Å². The number of aromatic amines is 1. The number of oxazole rings is 1. The third kappa shape index (κ3) is 2.37. The third-order valence-electron chi connectivity index (χ3n) is 3.84. The molecule has 2 N–H and O–H groups in total. The minimum atomic E-state index is -3.79. The molecule has 0 radical (unpaired) electrons. The Labute approximate surface area is 136 Å². The Morgan fingerprint density at radius 1 is 1.12 bits per heavy atom. The smallest absolute Gasteiger partial charge is 0.408 e. The van der Waals surface area contributed by atoms with Crippen molar-refractivity contribution in [3.8, 4) is 0 Å². The van der Waals surface area contributed by atoms with Crippen molar-refractivity contribution in [3.63, 3.8) is 0 Å². The molecule has 0 fully saturated rings. The van der Waals surface area contributed by atoms with Crippen molar-refractivity contribution in [2.75, 3.05) is 4.72 Å². The zero-order valence-corrected chi connectivity index (χ0v) is 13.4. The summed E-state index contributed by atoms with van der Waals surface area (Å²) in [5.74, 6) is -0.623. The van der Waals surface area contributed by atoms with Gasteiger partial charge in [-0.3, -0.25) is 9.71 Å². The van der Waals surface area contributed by atoms with Gasteiger partial charge in [-0.1, -0.05) is 0 Å². The number of sulfonamides is 1. The highest BCUT2D eigenvalue weighted by atomic mass is 32.2. The first-order chi connectivity index (χ1) is 11.4. The molecule has 24 heavy (non-hydrogen) atoms. The highest BCUT2D eigenvalue weighted by Gasteiger charge is 2.16. The molecule has 0 aliphatic carbocycles. The third-order valence-corrected chi connectivity index (χ3v) is 5.22. The molecule has 8 heteroatoms. The summed E-state index contributed by atoms with van der Waals surface area (Å²) in [5, 5.41) is 0.935. The summed E-state index contributed by atoms with van der Waals surface area (Å²) in [5.41, 5.74) is 2.11. The van der Waals surface area contributed by atoms with Crippen molar-refractivity contribution in [2.24, 2.45) is 7.05 Å². The predicted octanol–water partition coefficient (Wildman–Crippen LogP) is 2.41. The topological polar surface area (TPSA) is 97.1 Å². The Morgan fingerprint density at radius 3 is 2.79 bits per heavy atom. The van der Waals surface area contributed by atoms with Gasteiger partial charge in [-0.2, -0.15) is 0 Å². The van der Waals surface area contributed by atoms with Crippen molar-refractivity contribution >= 4 is 37.7 Å². The maximum absolute atomic E-state index is 12.5. The minimum Gasteiger partial charge on any atom is -0.408 e. The second-order valence-electron chi connectivity index (χ2n) is 5.48. The zero-order valence-electron chi connectivity index (χ0n) is 12.6. The molecule has 0 saturated heterocycles. The standard InChI is InChI=1S/C16H13N3O4S/c1-19-7-6-10-8-11(2-5-14(10)19)18-24(21,22)12-3-4-13-15(9-12)23-16(20)17-13/h2-9,18H,1H3,(H,17,20). The first-order valence-corrected chi connectivity index (χ1v) is 8.61. The van der Waals surface area contributed by atoms with Gasteiger partial charge in [0.25, 0.3) is 10.0 Å². The molecule has 0 bridgehead atoms. The van der Waals surface area contributed by atoms with E-state index in [1.54, 1.807) is 12.1 Å². The zero-order chi connectivity index (χ0) is 16.9. The van der Waals surface area contributed by atoms with Crippen LogP contribution >= 0.6 is 0 Å². The van der Waals surface area contributed by atoms with E-state index in [-0.39, 0.29) is 10.5 Å². The van der Waals surface area contributed by atoms with E-state index in [0.29, 0.717) is 11.2 Å². The number of H-pyrrole nitrogens is 1. The maximum atomic E-state index is 12.5. The normalized spacial score (nSPS) is 12.0. The maximum Gasteiger partial charge on any atom is 0.417 e. The number of nitrogens with one attached hydrogen (secondary N) is 2. The average molecular weight is 343 g/mol. The fourth-order valence-corrected chi connectivity index (χ4v) is 3.72. The summed E-state index contributed by atoms with van der Waals surface area (Å²) in [6.45, 7) is 0. The average Bonchev–Trinajstić information content (AvgIpc) is 3.08. The number of benzene rings is 2. The summed E-state index contributed by atoms with van der Waals surface area (Å²) in [7, 11) is -1.87. The number of hydrogen-bond acceptors (Lipinski definition) is 4. The van der Waals surface area contributed by atoms with Gasteiger partial charge in [0.05, 0.1) is 10.4 Å². The van der Waals surface area contributed by atoms with Crippen molar-refractivity contribution in [1.29, 1.82) is 0 Å². The van der Waals surface area contributed by atoms with Gasteiger partial charge in [0, 0.05) is 35.9 Å². The van der Waals surface area contributed by atoms with E-state index in [1.807, 2.05) is 29.9 Å². The largest absolute Gasteiger partial charge is 0.417 e. The van der Waals surface area contributed by atoms with Gasteiger partial charge >= 0.3 is 5.76 Å². The van der Waals surface area contributed by atoms with Gasteiger partial charge in [-0.15, -0.1) is 0 Å². The van der Waals surface area contributed by atoms with Crippen molar-refractivity contribution in [3.05, 3.63) is 59.2 Å². The number of nitrogens with zero attached hydrogens (tertiary/aromatic N) is 1. The molecule has 0 spiro atoms. The molecule has 0 unspecified atom stereocenters. The van der Waals surface area contributed by atoms with Crippen molar-refractivity contribution < 1.29 is 12.8 Å². The first kappa shape index (κ1) is 14.6. The van der Waals surface area contributed by atoms with Crippen LogP contribution in [0.4, 0.5) is 5.69 Å². The molecule has 0 atom stereocenters. The molecule has 2 heterocycles. The Morgan fingerprint density at radius 2 is 1.96 bits per heavy atom. The van der Waals surface area contributed by atoms with E-state index >= 15 is 0 Å². The molecular weight excluding hydrogens is 330 g/mol. The van der Waals surface area contributed by atoms with Gasteiger partial charge in [0.2, 0.25) is 0 Å². The number of aromatic nitrogens is 2. The lowest BCUT2D eigenvalue weighted by Crippen LogP contribution is -2.12. The van der Waals surface area contributed by atoms with Crippen LogP contribution in [0.1, 0.15) is 0 Å². The lowest BCUT2D eigenvalue weighted by Gasteiger charge is -2.08. The van der Waals surface area contributed by atoms with Gasteiger partial charge in [0.1, 0.15) is 0 Å². The molecule has 2 aromatic heterocycles. The second kappa shape index (κ2) is 5.00. The number of hydrogen-bond donors (Lipinski definition) is 2. The van der Waals surface area contributed by atoms with Crippen LogP contribution < -0.4 is 10.5 Å². The van der Waals surface area contributed by atoms with Crippen LogP contribution in [0.2, 0.25) is 0 Å². The van der Waals surface area contributed by atoms with Crippen LogP contribution in [-0.2, 0) is 17.1 Å². The predicted molar refractivity (Wildman–Crippen MR) is 90.6 cm³/mol. The van der Waals surface area contributed by atoms with Crippen LogP contribution in [0.5, 0.6) is 0 Å². The van der Waals surface area contributed by atoms with E-state index < -0.39 is 15.8 Å². The van der Waals surface area contributed by atoms with Crippen LogP contribution in [0.3, 0.4) is 0 Å². The first-order valence-electron chi connectivity index (χ1n) is 7.13. The number of aryl methyl sites for hydroxylation is 1. The molecule has 4 rings (SSSR count). The molecule has 122 valence electrons. The quantitative estimate of drug-likeness (QED) is 0.597. The van der Waals surface area contributed by atoms with E-state index in [9.17, 15) is 13.2 Å². The van der Waals surface area contributed by atoms with Crippen LogP contribution in [0.25, 0.3) is 22.0 Å². The Hall–Kier alpha value is -3.00. The molecule has 0 aliphatic rings. The monoisotopic (exact) mass is 343 g/mol. The lowest BCUT2D eigenvalue weighted by atomic mass is 10.2. The molecule has 7 nitrogen and oxygen atoms in total. The van der Waals surface area contributed by atoms with Crippen molar-refractivity contribution in [2.45, 2.75) is 4.90 Å².